The maximum Gasteiger partial charge on any atom is 0.407 e. The van der Waals surface area contributed by atoms with Gasteiger partial charge in [-0.3, -0.25) is 4.79 Å². The molecule has 5 nitrogen and oxygen atoms in total. The van der Waals surface area contributed by atoms with Gasteiger partial charge in [-0.15, -0.1) is 0 Å². The average molecular weight is 289 g/mol. The fourth-order valence-electron chi connectivity index (χ4n) is 3.33. The van der Waals surface area contributed by atoms with Crippen LogP contribution in [0.3, 0.4) is 0 Å². The van der Waals surface area contributed by atoms with Gasteiger partial charge in [-0.05, 0) is 29.7 Å². The van der Waals surface area contributed by atoms with Gasteiger partial charge in [-0.25, -0.2) is 4.79 Å². The summed E-state index contributed by atoms with van der Waals surface area (Å²) in [7, 11) is 0. The number of fused-ring (bicyclic) bond motifs is 1. The minimum atomic E-state index is -0.830. The van der Waals surface area contributed by atoms with E-state index >= 15 is 0 Å². The van der Waals surface area contributed by atoms with Gasteiger partial charge in [0.15, 0.2) is 0 Å². The molecule has 1 aromatic carbocycles. The summed E-state index contributed by atoms with van der Waals surface area (Å²) in [5, 5.41) is 8.89. The number of amides is 1. The summed E-state index contributed by atoms with van der Waals surface area (Å²) in [4.78, 5) is 24.0. The summed E-state index contributed by atoms with van der Waals surface area (Å²) in [6.07, 6.45) is 0.414. The number of rotatable bonds is 5. The van der Waals surface area contributed by atoms with Gasteiger partial charge in [0.05, 0.1) is 0 Å². The number of hydrogen-bond donors (Lipinski definition) is 1. The standard InChI is InChI=1S/C16H19NO4/c18-15(21-10-11-4-2-1-3-5-11)7-6-12-13-8-17(16(19)20)9-14(12)13/h1-5,12-14H,6-10H2,(H,19,20). The number of carbonyl (C=O) groups is 2. The molecule has 2 aliphatic rings. The summed E-state index contributed by atoms with van der Waals surface area (Å²) in [6.45, 7) is 1.58. The third-order valence-electron chi connectivity index (χ3n) is 4.57. The highest BCUT2D eigenvalue weighted by atomic mass is 16.5. The van der Waals surface area contributed by atoms with Crippen LogP contribution in [-0.2, 0) is 16.1 Å². The second-order valence-electron chi connectivity index (χ2n) is 5.86. The molecule has 0 bridgehead atoms. The molecule has 0 radical (unpaired) electrons. The molecule has 1 amide bonds. The highest BCUT2D eigenvalue weighted by Crippen LogP contribution is 2.53. The zero-order valence-electron chi connectivity index (χ0n) is 11.8. The van der Waals surface area contributed by atoms with Crippen molar-refractivity contribution in [3.63, 3.8) is 0 Å². The van der Waals surface area contributed by atoms with Crippen LogP contribution in [0, 0.1) is 17.8 Å². The van der Waals surface area contributed by atoms with Crippen LogP contribution >= 0.6 is 0 Å². The normalized spacial score (nSPS) is 26.3. The number of likely N-dealkylation sites (tertiary alicyclic amines) is 1. The van der Waals surface area contributed by atoms with Gasteiger partial charge < -0.3 is 14.7 Å². The molecule has 1 saturated carbocycles. The maximum atomic E-state index is 11.7. The van der Waals surface area contributed by atoms with Crippen molar-refractivity contribution < 1.29 is 19.4 Å². The second kappa shape index (κ2) is 5.76. The van der Waals surface area contributed by atoms with Gasteiger partial charge in [-0.2, -0.15) is 0 Å². The maximum absolute atomic E-state index is 11.7. The highest BCUT2D eigenvalue weighted by molar-refractivity contribution is 5.69. The van der Waals surface area contributed by atoms with Crippen molar-refractivity contribution in [2.75, 3.05) is 13.1 Å². The van der Waals surface area contributed by atoms with Crippen molar-refractivity contribution in [1.82, 2.24) is 4.90 Å². The van der Waals surface area contributed by atoms with E-state index < -0.39 is 6.09 Å². The molecule has 1 aliphatic heterocycles. The van der Waals surface area contributed by atoms with Crippen LogP contribution < -0.4 is 0 Å². The van der Waals surface area contributed by atoms with E-state index in [-0.39, 0.29) is 5.97 Å². The fourth-order valence-corrected chi connectivity index (χ4v) is 3.33. The fraction of sp³-hybridized carbons (Fsp3) is 0.500. The molecule has 2 atom stereocenters. The third-order valence-corrected chi connectivity index (χ3v) is 4.57. The van der Waals surface area contributed by atoms with Crippen LogP contribution in [0.15, 0.2) is 30.3 Å². The molecule has 21 heavy (non-hydrogen) atoms. The molecule has 1 N–H and O–H groups in total. The second-order valence-corrected chi connectivity index (χ2v) is 5.86. The summed E-state index contributed by atoms with van der Waals surface area (Å²) < 4.78 is 5.24. The van der Waals surface area contributed by atoms with Crippen molar-refractivity contribution in [3.05, 3.63) is 35.9 Å². The van der Waals surface area contributed by atoms with Gasteiger partial charge in [0.25, 0.3) is 0 Å². The van der Waals surface area contributed by atoms with Crippen molar-refractivity contribution >= 4 is 12.1 Å². The summed E-state index contributed by atoms with van der Waals surface area (Å²) in [5.74, 6) is 1.26. The lowest BCUT2D eigenvalue weighted by Crippen LogP contribution is -2.29. The topological polar surface area (TPSA) is 66.8 Å². The number of piperidine rings is 1. The predicted octanol–water partition coefficient (Wildman–Crippen LogP) is 2.37. The monoisotopic (exact) mass is 289 g/mol. The van der Waals surface area contributed by atoms with E-state index in [1.165, 1.54) is 4.90 Å². The Morgan fingerprint density at radius 1 is 1.19 bits per heavy atom. The number of ether oxygens (including phenoxy) is 1. The van der Waals surface area contributed by atoms with Crippen LogP contribution in [0.4, 0.5) is 4.79 Å². The smallest absolute Gasteiger partial charge is 0.407 e. The van der Waals surface area contributed by atoms with E-state index in [9.17, 15) is 9.59 Å². The van der Waals surface area contributed by atoms with Crippen LogP contribution in [0.1, 0.15) is 18.4 Å². The van der Waals surface area contributed by atoms with Crippen LogP contribution in [-0.4, -0.2) is 35.2 Å². The number of hydrogen-bond acceptors (Lipinski definition) is 3. The van der Waals surface area contributed by atoms with E-state index in [2.05, 4.69) is 0 Å². The molecule has 0 aromatic heterocycles. The molecule has 2 unspecified atom stereocenters. The molecular weight excluding hydrogens is 270 g/mol. The van der Waals surface area contributed by atoms with Crippen molar-refractivity contribution in [2.45, 2.75) is 19.4 Å². The SMILES string of the molecule is O=C(CCC1C2CN(C(=O)O)CC12)OCc1ccccc1. The predicted molar refractivity (Wildman–Crippen MR) is 75.5 cm³/mol. The molecule has 3 rings (SSSR count). The first kappa shape index (κ1) is 13.9. The Labute approximate surface area is 123 Å². The van der Waals surface area contributed by atoms with Crippen molar-refractivity contribution in [3.8, 4) is 0 Å². The van der Waals surface area contributed by atoms with Crippen LogP contribution in [0.25, 0.3) is 0 Å². The number of esters is 1. The zero-order valence-corrected chi connectivity index (χ0v) is 11.8. The molecule has 1 aromatic rings. The number of nitrogens with zero attached hydrogens (tertiary/aromatic N) is 1. The summed E-state index contributed by atoms with van der Waals surface area (Å²) in [6, 6.07) is 9.63. The Bertz CT molecular complexity index is 518. The van der Waals surface area contributed by atoms with E-state index in [0.29, 0.717) is 43.9 Å². The molecular formula is C16H19NO4. The van der Waals surface area contributed by atoms with Crippen molar-refractivity contribution in [2.24, 2.45) is 17.8 Å². The lowest BCUT2D eigenvalue weighted by molar-refractivity contribution is -0.145. The minimum absolute atomic E-state index is 0.168. The number of benzene rings is 1. The van der Waals surface area contributed by atoms with E-state index in [1.54, 1.807) is 0 Å². The molecule has 0 spiro atoms. The van der Waals surface area contributed by atoms with Gasteiger partial charge in [-0.1, -0.05) is 30.3 Å². The quantitative estimate of drug-likeness (QED) is 0.845. The molecule has 1 aliphatic carbocycles. The Morgan fingerprint density at radius 3 is 2.48 bits per heavy atom. The Balaban J connectivity index is 1.34. The Kier molecular flexibility index (Phi) is 3.82. The Morgan fingerprint density at radius 2 is 1.86 bits per heavy atom. The Hall–Kier alpha value is -2.04. The van der Waals surface area contributed by atoms with Gasteiger partial charge in [0, 0.05) is 19.5 Å². The first-order valence-corrected chi connectivity index (χ1v) is 7.32. The van der Waals surface area contributed by atoms with E-state index in [0.717, 1.165) is 12.0 Å². The average Bonchev–Trinajstić information content (AvgIpc) is 2.93. The lowest BCUT2D eigenvalue weighted by Gasteiger charge is -2.15. The third kappa shape index (κ3) is 3.17. The number of carboxylic acid groups (broad SMARTS) is 1. The molecule has 2 fully saturated rings. The molecule has 1 heterocycles. The zero-order chi connectivity index (χ0) is 14.8. The number of carbonyl (C=O) groups excluding carboxylic acids is 1. The first-order chi connectivity index (χ1) is 10.1. The van der Waals surface area contributed by atoms with Crippen LogP contribution in [0.2, 0.25) is 0 Å². The van der Waals surface area contributed by atoms with Crippen molar-refractivity contribution in [1.29, 1.82) is 0 Å². The van der Waals surface area contributed by atoms with E-state index in [4.69, 9.17) is 9.84 Å². The van der Waals surface area contributed by atoms with Gasteiger partial charge in [0.2, 0.25) is 0 Å². The molecule has 1 saturated heterocycles. The highest BCUT2D eigenvalue weighted by Gasteiger charge is 2.56. The molecule has 5 heteroatoms. The van der Waals surface area contributed by atoms with Gasteiger partial charge in [0.1, 0.15) is 6.61 Å². The largest absolute Gasteiger partial charge is 0.465 e. The summed E-state index contributed by atoms with van der Waals surface area (Å²) in [5.41, 5.74) is 0.992. The first-order valence-electron chi connectivity index (χ1n) is 7.32. The summed E-state index contributed by atoms with van der Waals surface area (Å²) >= 11 is 0. The van der Waals surface area contributed by atoms with E-state index in [1.807, 2.05) is 30.3 Å². The minimum Gasteiger partial charge on any atom is -0.465 e. The lowest BCUT2D eigenvalue weighted by atomic mass is 10.1. The molecule has 112 valence electrons. The van der Waals surface area contributed by atoms with Gasteiger partial charge >= 0.3 is 12.1 Å². The van der Waals surface area contributed by atoms with Crippen LogP contribution in [0.5, 0.6) is 0 Å².